The minimum atomic E-state index is -0.480. The normalized spacial score (nSPS) is 19.6. The third kappa shape index (κ3) is 3.20. The summed E-state index contributed by atoms with van der Waals surface area (Å²) in [6.45, 7) is 0. The summed E-state index contributed by atoms with van der Waals surface area (Å²) >= 11 is 6.13. The molecule has 0 fully saturated rings. The molecule has 1 aliphatic heterocycles. The van der Waals surface area contributed by atoms with Gasteiger partial charge in [0.25, 0.3) is 5.69 Å². The zero-order chi connectivity index (χ0) is 19.8. The third-order valence-corrected chi connectivity index (χ3v) is 5.48. The van der Waals surface area contributed by atoms with Crippen molar-refractivity contribution in [2.24, 2.45) is 0 Å². The number of allylic oxidation sites excluding steroid dienone is 2. The van der Waals surface area contributed by atoms with Crippen molar-refractivity contribution < 1.29 is 14.5 Å². The number of carbonyl (C=O) groups is 2. The molecule has 7 heteroatoms. The Morgan fingerprint density at radius 3 is 2.50 bits per heavy atom. The molecule has 6 nitrogen and oxygen atoms in total. The molecular formula is C21H17ClN2O4. The molecule has 0 saturated carbocycles. The zero-order valence-corrected chi connectivity index (χ0v) is 15.7. The van der Waals surface area contributed by atoms with E-state index in [4.69, 9.17) is 11.6 Å². The van der Waals surface area contributed by atoms with Gasteiger partial charge in [-0.2, -0.15) is 0 Å². The highest BCUT2D eigenvalue weighted by Gasteiger charge is 2.39. The first-order chi connectivity index (χ1) is 13.5. The number of nitro groups is 1. The number of nitrogens with zero attached hydrogens (tertiary/aromatic N) is 2. The van der Waals surface area contributed by atoms with Crippen LogP contribution in [-0.4, -0.2) is 16.6 Å². The first-order valence-corrected chi connectivity index (χ1v) is 9.42. The molecule has 1 amide bonds. The fourth-order valence-electron chi connectivity index (χ4n) is 4.02. The van der Waals surface area contributed by atoms with Crippen LogP contribution in [-0.2, 0) is 9.59 Å². The van der Waals surface area contributed by atoms with Gasteiger partial charge < -0.3 is 0 Å². The first kappa shape index (κ1) is 18.4. The molecule has 2 aromatic carbocycles. The van der Waals surface area contributed by atoms with Crippen molar-refractivity contribution in [2.75, 3.05) is 4.90 Å². The largest absolute Gasteiger partial charge is 0.294 e. The van der Waals surface area contributed by atoms with E-state index in [0.29, 0.717) is 41.2 Å². The number of halogens is 1. The standard InChI is InChI=1S/C21H17ClN2O4/c22-14-4-1-3-13(11-14)17-12-20(26)23(18-5-2-6-19(25)21(17)18)15-7-9-16(10-8-15)24(27)28/h1,3-4,7-11,17H,2,5-6,12H2. The van der Waals surface area contributed by atoms with Crippen LogP contribution in [0.2, 0.25) is 5.02 Å². The second kappa shape index (κ2) is 7.20. The molecule has 0 spiro atoms. The predicted molar refractivity (Wildman–Crippen MR) is 105 cm³/mol. The Morgan fingerprint density at radius 1 is 1.07 bits per heavy atom. The smallest absolute Gasteiger partial charge is 0.269 e. The summed E-state index contributed by atoms with van der Waals surface area (Å²) in [6.07, 6.45) is 1.90. The Hall–Kier alpha value is -2.99. The van der Waals surface area contributed by atoms with Gasteiger partial charge in [-0.25, -0.2) is 0 Å². The van der Waals surface area contributed by atoms with E-state index in [9.17, 15) is 19.7 Å². The summed E-state index contributed by atoms with van der Waals surface area (Å²) < 4.78 is 0. The first-order valence-electron chi connectivity index (χ1n) is 9.05. The maximum Gasteiger partial charge on any atom is 0.269 e. The number of anilines is 1. The summed E-state index contributed by atoms with van der Waals surface area (Å²) in [7, 11) is 0. The van der Waals surface area contributed by atoms with Crippen LogP contribution < -0.4 is 4.90 Å². The van der Waals surface area contributed by atoms with E-state index >= 15 is 0 Å². The van der Waals surface area contributed by atoms with Crippen LogP contribution in [0.3, 0.4) is 0 Å². The van der Waals surface area contributed by atoms with E-state index in [1.807, 2.05) is 12.1 Å². The molecule has 1 unspecified atom stereocenters. The molecule has 142 valence electrons. The number of hydrogen-bond donors (Lipinski definition) is 0. The summed E-state index contributed by atoms with van der Waals surface area (Å²) in [5.74, 6) is -0.402. The van der Waals surface area contributed by atoms with Gasteiger partial charge in [0.2, 0.25) is 5.91 Å². The van der Waals surface area contributed by atoms with Crippen molar-refractivity contribution in [3.05, 3.63) is 80.5 Å². The highest BCUT2D eigenvalue weighted by atomic mass is 35.5. The number of amides is 1. The second-order valence-corrected chi connectivity index (χ2v) is 7.39. The molecule has 0 bridgehead atoms. The van der Waals surface area contributed by atoms with Crippen LogP contribution in [0.4, 0.5) is 11.4 Å². The van der Waals surface area contributed by atoms with Crippen LogP contribution in [0, 0.1) is 10.1 Å². The van der Waals surface area contributed by atoms with Gasteiger partial charge in [-0.15, -0.1) is 0 Å². The highest BCUT2D eigenvalue weighted by Crippen LogP contribution is 2.43. The Morgan fingerprint density at radius 2 is 1.82 bits per heavy atom. The van der Waals surface area contributed by atoms with E-state index in [0.717, 1.165) is 5.56 Å². The molecule has 0 aromatic heterocycles. The topological polar surface area (TPSA) is 80.5 Å². The predicted octanol–water partition coefficient (Wildman–Crippen LogP) is 4.78. The number of Topliss-reactive ketones (excluding diaryl/α,β-unsaturated/α-hetero) is 1. The van der Waals surface area contributed by atoms with Gasteiger partial charge in [-0.3, -0.25) is 24.6 Å². The number of rotatable bonds is 3. The van der Waals surface area contributed by atoms with Crippen molar-refractivity contribution in [1.29, 1.82) is 0 Å². The molecule has 1 heterocycles. The van der Waals surface area contributed by atoms with E-state index in [2.05, 4.69) is 0 Å². The number of ketones is 1. The molecule has 1 aliphatic carbocycles. The highest BCUT2D eigenvalue weighted by molar-refractivity contribution is 6.30. The van der Waals surface area contributed by atoms with Gasteiger partial charge in [0, 0.05) is 52.9 Å². The zero-order valence-electron chi connectivity index (χ0n) is 14.9. The number of carbonyl (C=O) groups excluding carboxylic acids is 2. The summed E-state index contributed by atoms with van der Waals surface area (Å²) in [6, 6.07) is 13.1. The Kier molecular flexibility index (Phi) is 4.73. The second-order valence-electron chi connectivity index (χ2n) is 6.95. The maximum atomic E-state index is 13.1. The molecule has 0 N–H and O–H groups in total. The number of hydrogen-bond acceptors (Lipinski definition) is 4. The minimum absolute atomic E-state index is 0.0427. The fraction of sp³-hybridized carbons (Fsp3) is 0.238. The van der Waals surface area contributed by atoms with E-state index in [-0.39, 0.29) is 29.7 Å². The van der Waals surface area contributed by atoms with Crippen molar-refractivity contribution in [1.82, 2.24) is 0 Å². The summed E-state index contributed by atoms with van der Waals surface area (Å²) in [5.41, 5.74) is 2.71. The number of nitro benzene ring substituents is 1. The van der Waals surface area contributed by atoms with Crippen molar-refractivity contribution >= 4 is 34.7 Å². The molecule has 0 radical (unpaired) electrons. The molecular weight excluding hydrogens is 380 g/mol. The Balaban J connectivity index is 1.82. The van der Waals surface area contributed by atoms with Crippen molar-refractivity contribution in [3.63, 3.8) is 0 Å². The Labute approximate surface area is 166 Å². The van der Waals surface area contributed by atoms with Crippen molar-refractivity contribution in [3.8, 4) is 0 Å². The van der Waals surface area contributed by atoms with Gasteiger partial charge >= 0.3 is 0 Å². The van der Waals surface area contributed by atoms with Gasteiger partial charge in [0.1, 0.15) is 0 Å². The summed E-state index contributed by atoms with van der Waals surface area (Å²) in [4.78, 5) is 37.8. The monoisotopic (exact) mass is 396 g/mol. The average molecular weight is 397 g/mol. The third-order valence-electron chi connectivity index (χ3n) is 5.25. The molecule has 4 rings (SSSR count). The van der Waals surface area contributed by atoms with Crippen LogP contribution in [0.15, 0.2) is 59.8 Å². The van der Waals surface area contributed by atoms with Gasteiger partial charge in [0.05, 0.1) is 4.92 Å². The molecule has 2 aromatic rings. The lowest BCUT2D eigenvalue weighted by atomic mass is 9.77. The quantitative estimate of drug-likeness (QED) is 0.552. The minimum Gasteiger partial charge on any atom is -0.294 e. The SMILES string of the molecule is O=C1CCCC2=C1C(c1cccc(Cl)c1)CC(=O)N2c1ccc([N+](=O)[O-])cc1. The van der Waals surface area contributed by atoms with Crippen LogP contribution in [0.25, 0.3) is 0 Å². The fourth-order valence-corrected chi connectivity index (χ4v) is 4.22. The number of non-ortho nitro benzene ring substituents is 1. The lowest BCUT2D eigenvalue weighted by Crippen LogP contribution is -2.40. The van der Waals surface area contributed by atoms with Crippen LogP contribution in [0.5, 0.6) is 0 Å². The van der Waals surface area contributed by atoms with E-state index in [1.54, 1.807) is 29.2 Å². The molecule has 28 heavy (non-hydrogen) atoms. The van der Waals surface area contributed by atoms with Crippen LogP contribution >= 0.6 is 11.6 Å². The average Bonchev–Trinajstić information content (AvgIpc) is 2.67. The van der Waals surface area contributed by atoms with Gasteiger partial charge in [-0.05, 0) is 42.7 Å². The van der Waals surface area contributed by atoms with Crippen molar-refractivity contribution in [2.45, 2.75) is 31.6 Å². The Bertz CT molecular complexity index is 1010. The molecule has 1 atom stereocenters. The summed E-state index contributed by atoms with van der Waals surface area (Å²) in [5, 5.41) is 11.5. The molecule has 0 saturated heterocycles. The van der Waals surface area contributed by atoms with Gasteiger partial charge in [0.15, 0.2) is 5.78 Å². The lowest BCUT2D eigenvalue weighted by molar-refractivity contribution is -0.384. The maximum absolute atomic E-state index is 13.1. The van der Waals surface area contributed by atoms with Crippen LogP contribution in [0.1, 0.15) is 37.2 Å². The molecule has 2 aliphatic rings. The van der Waals surface area contributed by atoms with Gasteiger partial charge in [-0.1, -0.05) is 23.7 Å². The van der Waals surface area contributed by atoms with E-state index in [1.165, 1.54) is 12.1 Å². The number of benzene rings is 2. The van der Waals surface area contributed by atoms with E-state index < -0.39 is 4.92 Å². The lowest BCUT2D eigenvalue weighted by Gasteiger charge is -2.38.